The van der Waals surface area contributed by atoms with Crippen molar-refractivity contribution in [2.45, 2.75) is 31.4 Å². The minimum Gasteiger partial charge on any atom is -0.460 e. The standard InChI is InChI=1S/C9H13N3O/c10-7-2-3-8(6-7)13-9-11-4-1-5-12-9/h1,4-5,7-8H,2-3,6,10H2. The molecule has 2 N–H and O–H groups in total. The van der Waals surface area contributed by atoms with Crippen LogP contribution in [0.1, 0.15) is 19.3 Å². The summed E-state index contributed by atoms with van der Waals surface area (Å²) >= 11 is 0. The van der Waals surface area contributed by atoms with E-state index in [4.69, 9.17) is 10.5 Å². The second-order valence-corrected chi connectivity index (χ2v) is 3.34. The van der Waals surface area contributed by atoms with Crippen molar-refractivity contribution in [1.29, 1.82) is 0 Å². The summed E-state index contributed by atoms with van der Waals surface area (Å²) in [5, 5.41) is 0. The quantitative estimate of drug-likeness (QED) is 0.727. The average molecular weight is 179 g/mol. The summed E-state index contributed by atoms with van der Waals surface area (Å²) in [6.45, 7) is 0. The molecule has 0 bridgehead atoms. The predicted molar refractivity (Wildman–Crippen MR) is 48.3 cm³/mol. The molecule has 0 amide bonds. The van der Waals surface area contributed by atoms with E-state index < -0.39 is 0 Å². The zero-order valence-corrected chi connectivity index (χ0v) is 7.39. The molecule has 1 fully saturated rings. The summed E-state index contributed by atoms with van der Waals surface area (Å²) in [5.74, 6) is 0. The van der Waals surface area contributed by atoms with Crippen LogP contribution < -0.4 is 10.5 Å². The number of nitrogens with two attached hydrogens (primary N) is 1. The Morgan fingerprint density at radius 2 is 2.08 bits per heavy atom. The molecule has 0 aliphatic heterocycles. The topological polar surface area (TPSA) is 61.0 Å². The molecule has 4 nitrogen and oxygen atoms in total. The molecule has 1 aromatic rings. The highest BCUT2D eigenvalue weighted by Gasteiger charge is 2.23. The molecule has 0 aromatic carbocycles. The molecule has 1 aliphatic carbocycles. The molecular formula is C9H13N3O. The van der Waals surface area contributed by atoms with Gasteiger partial charge in [-0.1, -0.05) is 0 Å². The minimum absolute atomic E-state index is 0.206. The number of hydrogen-bond donors (Lipinski definition) is 1. The minimum atomic E-state index is 0.206. The molecule has 1 saturated carbocycles. The summed E-state index contributed by atoms with van der Waals surface area (Å²) in [4.78, 5) is 7.99. The summed E-state index contributed by atoms with van der Waals surface area (Å²) in [6, 6.07) is 2.52. The van der Waals surface area contributed by atoms with Crippen LogP contribution in [0.25, 0.3) is 0 Å². The van der Waals surface area contributed by atoms with Crippen molar-refractivity contribution in [2.75, 3.05) is 0 Å². The SMILES string of the molecule is NC1CCC(Oc2ncccn2)C1. The maximum atomic E-state index is 5.76. The first kappa shape index (κ1) is 8.44. The van der Waals surface area contributed by atoms with E-state index in [9.17, 15) is 0 Å². The first-order valence-electron chi connectivity index (χ1n) is 4.54. The first-order chi connectivity index (χ1) is 6.34. The highest BCUT2D eigenvalue weighted by molar-refractivity contribution is 4.95. The number of hydrogen-bond acceptors (Lipinski definition) is 4. The van der Waals surface area contributed by atoms with Crippen LogP contribution in [0.2, 0.25) is 0 Å². The highest BCUT2D eigenvalue weighted by Crippen LogP contribution is 2.20. The largest absolute Gasteiger partial charge is 0.460 e. The molecule has 70 valence electrons. The van der Waals surface area contributed by atoms with E-state index in [1.54, 1.807) is 18.5 Å². The van der Waals surface area contributed by atoms with Crippen molar-refractivity contribution in [1.82, 2.24) is 9.97 Å². The zero-order chi connectivity index (χ0) is 9.10. The van der Waals surface area contributed by atoms with Gasteiger partial charge in [0.05, 0.1) is 0 Å². The lowest BCUT2D eigenvalue weighted by molar-refractivity contribution is 0.190. The van der Waals surface area contributed by atoms with E-state index in [0.29, 0.717) is 6.01 Å². The lowest BCUT2D eigenvalue weighted by Gasteiger charge is -2.10. The van der Waals surface area contributed by atoms with E-state index in [2.05, 4.69) is 9.97 Å². The number of aromatic nitrogens is 2. The second kappa shape index (κ2) is 3.70. The van der Waals surface area contributed by atoms with Gasteiger partial charge in [-0.3, -0.25) is 0 Å². The highest BCUT2D eigenvalue weighted by atomic mass is 16.5. The molecule has 13 heavy (non-hydrogen) atoms. The van der Waals surface area contributed by atoms with Crippen LogP contribution >= 0.6 is 0 Å². The normalized spacial score (nSPS) is 27.5. The molecule has 2 rings (SSSR count). The third-order valence-electron chi connectivity index (χ3n) is 2.24. The van der Waals surface area contributed by atoms with Crippen molar-refractivity contribution in [3.8, 4) is 6.01 Å². The molecule has 0 radical (unpaired) electrons. The van der Waals surface area contributed by atoms with Crippen molar-refractivity contribution < 1.29 is 4.74 Å². The van der Waals surface area contributed by atoms with Gasteiger partial charge in [0.2, 0.25) is 0 Å². The molecular weight excluding hydrogens is 166 g/mol. The van der Waals surface area contributed by atoms with E-state index in [1.165, 1.54) is 0 Å². The van der Waals surface area contributed by atoms with Crippen LogP contribution in [-0.4, -0.2) is 22.1 Å². The van der Waals surface area contributed by atoms with Gasteiger partial charge >= 0.3 is 6.01 Å². The molecule has 0 saturated heterocycles. The Labute approximate surface area is 77.1 Å². The molecule has 0 spiro atoms. The second-order valence-electron chi connectivity index (χ2n) is 3.34. The predicted octanol–water partition coefficient (Wildman–Crippen LogP) is 0.735. The zero-order valence-electron chi connectivity index (χ0n) is 7.39. The average Bonchev–Trinajstić information content (AvgIpc) is 2.53. The van der Waals surface area contributed by atoms with Gasteiger partial charge in [0, 0.05) is 18.4 Å². The summed E-state index contributed by atoms with van der Waals surface area (Å²) < 4.78 is 5.54. The van der Waals surface area contributed by atoms with Crippen LogP contribution in [0.3, 0.4) is 0 Å². The summed E-state index contributed by atoms with van der Waals surface area (Å²) in [7, 11) is 0. The van der Waals surface area contributed by atoms with Crippen LogP contribution in [0.15, 0.2) is 18.5 Å². The fourth-order valence-corrected chi connectivity index (χ4v) is 1.58. The smallest absolute Gasteiger partial charge is 0.316 e. The monoisotopic (exact) mass is 179 g/mol. The van der Waals surface area contributed by atoms with E-state index in [0.717, 1.165) is 19.3 Å². The van der Waals surface area contributed by atoms with E-state index in [-0.39, 0.29) is 12.1 Å². The van der Waals surface area contributed by atoms with Gasteiger partial charge in [-0.05, 0) is 25.3 Å². The van der Waals surface area contributed by atoms with Gasteiger partial charge < -0.3 is 10.5 Å². The van der Waals surface area contributed by atoms with Gasteiger partial charge in [0.15, 0.2) is 0 Å². The van der Waals surface area contributed by atoms with Crippen molar-refractivity contribution in [2.24, 2.45) is 5.73 Å². The number of nitrogens with zero attached hydrogens (tertiary/aromatic N) is 2. The Morgan fingerprint density at radius 1 is 1.31 bits per heavy atom. The van der Waals surface area contributed by atoms with E-state index >= 15 is 0 Å². The number of rotatable bonds is 2. The Kier molecular flexibility index (Phi) is 2.40. The van der Waals surface area contributed by atoms with Gasteiger partial charge in [0.25, 0.3) is 0 Å². The summed E-state index contributed by atoms with van der Waals surface area (Å²) in [6.07, 6.45) is 6.53. The van der Waals surface area contributed by atoms with E-state index in [1.807, 2.05) is 0 Å². The molecule has 4 heteroatoms. The number of ether oxygens (including phenoxy) is 1. The van der Waals surface area contributed by atoms with Gasteiger partial charge in [-0.25, -0.2) is 9.97 Å². The van der Waals surface area contributed by atoms with Crippen molar-refractivity contribution in [3.63, 3.8) is 0 Å². The summed E-state index contributed by atoms with van der Waals surface area (Å²) in [5.41, 5.74) is 5.76. The third-order valence-corrected chi connectivity index (χ3v) is 2.24. The van der Waals surface area contributed by atoms with Crippen LogP contribution in [-0.2, 0) is 0 Å². The molecule has 1 aromatic heterocycles. The van der Waals surface area contributed by atoms with Crippen LogP contribution in [0, 0.1) is 0 Å². The molecule has 1 heterocycles. The van der Waals surface area contributed by atoms with Crippen LogP contribution in [0.4, 0.5) is 0 Å². The Balaban J connectivity index is 1.92. The van der Waals surface area contributed by atoms with Crippen molar-refractivity contribution >= 4 is 0 Å². The van der Waals surface area contributed by atoms with Crippen molar-refractivity contribution in [3.05, 3.63) is 18.5 Å². The maximum absolute atomic E-state index is 5.76. The first-order valence-corrected chi connectivity index (χ1v) is 4.54. The Hall–Kier alpha value is -1.16. The van der Waals surface area contributed by atoms with Gasteiger partial charge in [0.1, 0.15) is 6.10 Å². The van der Waals surface area contributed by atoms with Crippen LogP contribution in [0.5, 0.6) is 6.01 Å². The lowest BCUT2D eigenvalue weighted by Crippen LogP contribution is -2.19. The van der Waals surface area contributed by atoms with Gasteiger partial charge in [-0.15, -0.1) is 0 Å². The lowest BCUT2D eigenvalue weighted by atomic mass is 10.3. The fourth-order valence-electron chi connectivity index (χ4n) is 1.58. The Morgan fingerprint density at radius 3 is 2.69 bits per heavy atom. The third kappa shape index (κ3) is 2.15. The fraction of sp³-hybridized carbons (Fsp3) is 0.556. The molecule has 1 aliphatic rings. The molecule has 2 atom stereocenters. The molecule has 2 unspecified atom stereocenters. The maximum Gasteiger partial charge on any atom is 0.316 e. The Bertz CT molecular complexity index is 265. The van der Waals surface area contributed by atoms with Gasteiger partial charge in [-0.2, -0.15) is 0 Å².